The molecule has 3 rings (SSSR count). The van der Waals surface area contributed by atoms with Gasteiger partial charge in [0.1, 0.15) is 0 Å². The third-order valence-electron chi connectivity index (χ3n) is 4.46. The van der Waals surface area contributed by atoms with Crippen molar-refractivity contribution in [2.45, 2.75) is 30.6 Å². The summed E-state index contributed by atoms with van der Waals surface area (Å²) >= 11 is 12.0. The zero-order valence-electron chi connectivity index (χ0n) is 14.6. The van der Waals surface area contributed by atoms with E-state index >= 15 is 0 Å². The van der Waals surface area contributed by atoms with Crippen LogP contribution in [0.1, 0.15) is 36.0 Å². The average molecular weight is 427 g/mol. The molecule has 8 heteroatoms. The van der Waals surface area contributed by atoms with Gasteiger partial charge >= 0.3 is 0 Å². The Bertz CT molecular complexity index is 940. The summed E-state index contributed by atoms with van der Waals surface area (Å²) in [6.07, 6.45) is 4.17. The molecule has 27 heavy (non-hydrogen) atoms. The molecular formula is C19H20Cl2N2O3S. The highest BCUT2D eigenvalue weighted by atomic mass is 35.5. The second kappa shape index (κ2) is 8.50. The molecule has 5 nitrogen and oxygen atoms in total. The summed E-state index contributed by atoms with van der Waals surface area (Å²) in [7, 11) is -3.91. The van der Waals surface area contributed by atoms with E-state index in [0.29, 0.717) is 23.7 Å². The number of carbonyl (C=O) groups is 1. The summed E-state index contributed by atoms with van der Waals surface area (Å²) in [4.78, 5) is 14.6. The molecule has 1 N–H and O–H groups in total. The van der Waals surface area contributed by atoms with Gasteiger partial charge in [0.15, 0.2) is 0 Å². The van der Waals surface area contributed by atoms with Crippen LogP contribution in [0.2, 0.25) is 10.0 Å². The Morgan fingerprint density at radius 2 is 1.67 bits per heavy atom. The number of hydrogen-bond acceptors (Lipinski definition) is 3. The molecule has 1 aliphatic rings. The van der Waals surface area contributed by atoms with E-state index in [1.54, 1.807) is 23.1 Å². The van der Waals surface area contributed by atoms with E-state index in [1.807, 2.05) is 0 Å². The highest BCUT2D eigenvalue weighted by Gasteiger charge is 2.21. The number of hydrogen-bond donors (Lipinski definition) is 1. The number of benzene rings is 2. The number of likely N-dealkylation sites (tertiary alicyclic amines) is 1. The number of sulfonamides is 1. The smallest absolute Gasteiger partial charge is 0.261 e. The summed E-state index contributed by atoms with van der Waals surface area (Å²) in [6, 6.07) is 10.6. The molecule has 2 aromatic carbocycles. The van der Waals surface area contributed by atoms with E-state index in [1.165, 1.54) is 24.3 Å². The van der Waals surface area contributed by atoms with E-state index in [2.05, 4.69) is 4.72 Å². The first kappa shape index (κ1) is 20.0. The largest absolute Gasteiger partial charge is 0.339 e. The minimum absolute atomic E-state index is 0.000728. The van der Waals surface area contributed by atoms with Crippen molar-refractivity contribution in [2.75, 3.05) is 17.8 Å². The molecule has 1 aliphatic heterocycles. The van der Waals surface area contributed by atoms with E-state index in [4.69, 9.17) is 23.2 Å². The van der Waals surface area contributed by atoms with Crippen LogP contribution in [-0.2, 0) is 10.0 Å². The molecule has 0 spiro atoms. The lowest BCUT2D eigenvalue weighted by Crippen LogP contribution is -2.32. The lowest BCUT2D eigenvalue weighted by molar-refractivity contribution is 0.0761. The maximum Gasteiger partial charge on any atom is 0.261 e. The Morgan fingerprint density at radius 3 is 2.37 bits per heavy atom. The van der Waals surface area contributed by atoms with Gasteiger partial charge in [0.05, 0.1) is 15.6 Å². The van der Waals surface area contributed by atoms with Gasteiger partial charge in [-0.25, -0.2) is 8.42 Å². The van der Waals surface area contributed by atoms with Crippen molar-refractivity contribution in [3.8, 4) is 0 Å². The molecular weight excluding hydrogens is 407 g/mol. The van der Waals surface area contributed by atoms with Crippen molar-refractivity contribution >= 4 is 44.8 Å². The summed E-state index contributed by atoms with van der Waals surface area (Å²) < 4.78 is 27.9. The van der Waals surface area contributed by atoms with Crippen LogP contribution in [0.15, 0.2) is 47.4 Å². The van der Waals surface area contributed by atoms with Crippen LogP contribution >= 0.6 is 23.2 Å². The molecule has 0 bridgehead atoms. The molecule has 1 heterocycles. The topological polar surface area (TPSA) is 66.5 Å². The first-order valence-electron chi connectivity index (χ1n) is 8.74. The summed E-state index contributed by atoms with van der Waals surface area (Å²) in [6.45, 7) is 1.40. The molecule has 1 fully saturated rings. The lowest BCUT2D eigenvalue weighted by Gasteiger charge is -2.20. The Kier molecular flexibility index (Phi) is 6.29. The van der Waals surface area contributed by atoms with E-state index in [0.717, 1.165) is 25.7 Å². The van der Waals surface area contributed by atoms with Crippen molar-refractivity contribution in [3.63, 3.8) is 0 Å². The lowest BCUT2D eigenvalue weighted by atomic mass is 10.2. The van der Waals surface area contributed by atoms with Crippen molar-refractivity contribution in [1.29, 1.82) is 0 Å². The number of anilines is 1. The third-order valence-corrected chi connectivity index (χ3v) is 6.39. The maximum atomic E-state index is 12.8. The second-order valence-corrected chi connectivity index (χ2v) is 8.99. The third kappa shape index (κ3) is 4.94. The molecule has 0 unspecified atom stereocenters. The predicted molar refractivity (Wildman–Crippen MR) is 108 cm³/mol. The molecule has 1 amide bonds. The van der Waals surface area contributed by atoms with Gasteiger partial charge in [0.25, 0.3) is 15.9 Å². The normalized spacial score (nSPS) is 15.3. The van der Waals surface area contributed by atoms with Gasteiger partial charge in [-0.3, -0.25) is 9.52 Å². The van der Waals surface area contributed by atoms with Gasteiger partial charge in [-0.05, 0) is 49.2 Å². The zero-order chi connectivity index (χ0) is 19.4. The van der Waals surface area contributed by atoms with Gasteiger partial charge in [0.2, 0.25) is 0 Å². The van der Waals surface area contributed by atoms with Gasteiger partial charge in [-0.1, -0.05) is 42.1 Å². The van der Waals surface area contributed by atoms with Crippen LogP contribution in [-0.4, -0.2) is 32.3 Å². The SMILES string of the molecule is O=C(c1cccc(S(=O)(=O)Nc2cc(Cl)ccc2Cl)c1)N1CCCCCC1. The molecule has 0 saturated carbocycles. The van der Waals surface area contributed by atoms with E-state index in [9.17, 15) is 13.2 Å². The Labute approximate surface area is 169 Å². The van der Waals surface area contributed by atoms with Crippen molar-refractivity contribution in [3.05, 3.63) is 58.1 Å². The fourth-order valence-corrected chi connectivity index (χ4v) is 4.54. The Morgan fingerprint density at radius 1 is 0.963 bits per heavy atom. The van der Waals surface area contributed by atoms with Crippen molar-refractivity contribution in [1.82, 2.24) is 4.90 Å². The number of nitrogens with zero attached hydrogens (tertiary/aromatic N) is 1. The molecule has 2 aromatic rings. The Balaban J connectivity index is 1.85. The van der Waals surface area contributed by atoms with Crippen molar-refractivity contribution in [2.24, 2.45) is 0 Å². The second-order valence-electron chi connectivity index (χ2n) is 6.46. The summed E-state index contributed by atoms with van der Waals surface area (Å²) in [5.41, 5.74) is 0.547. The van der Waals surface area contributed by atoms with Gasteiger partial charge < -0.3 is 4.90 Å². The minimum Gasteiger partial charge on any atom is -0.339 e. The highest BCUT2D eigenvalue weighted by molar-refractivity contribution is 7.92. The van der Waals surface area contributed by atoms with Gasteiger partial charge in [-0.2, -0.15) is 0 Å². The Hall–Kier alpha value is -1.76. The number of nitrogens with one attached hydrogen (secondary N) is 1. The van der Waals surface area contributed by atoms with Crippen LogP contribution in [0.4, 0.5) is 5.69 Å². The van der Waals surface area contributed by atoms with Crippen molar-refractivity contribution < 1.29 is 13.2 Å². The van der Waals surface area contributed by atoms with Crippen LogP contribution in [0, 0.1) is 0 Å². The first-order chi connectivity index (χ1) is 12.9. The molecule has 0 aromatic heterocycles. The standard InChI is InChI=1S/C19H20Cl2N2O3S/c20-15-8-9-17(21)18(13-15)22-27(25,26)16-7-5-6-14(12-16)19(24)23-10-3-1-2-4-11-23/h5-9,12-13,22H,1-4,10-11H2. The quantitative estimate of drug-likeness (QED) is 0.762. The van der Waals surface area contributed by atoms with Crippen LogP contribution in [0.3, 0.4) is 0 Å². The number of rotatable bonds is 4. The molecule has 0 radical (unpaired) electrons. The molecule has 144 valence electrons. The number of halogens is 2. The van der Waals surface area contributed by atoms with Gasteiger partial charge in [-0.15, -0.1) is 0 Å². The molecule has 1 saturated heterocycles. The number of amides is 1. The zero-order valence-corrected chi connectivity index (χ0v) is 16.9. The van der Waals surface area contributed by atoms with Crippen LogP contribution in [0.5, 0.6) is 0 Å². The van der Waals surface area contributed by atoms with Crippen LogP contribution in [0.25, 0.3) is 0 Å². The molecule has 0 atom stereocenters. The van der Waals surface area contributed by atoms with Crippen LogP contribution < -0.4 is 4.72 Å². The first-order valence-corrected chi connectivity index (χ1v) is 11.0. The fourth-order valence-electron chi connectivity index (χ4n) is 3.03. The van der Waals surface area contributed by atoms with Gasteiger partial charge in [0, 0.05) is 23.7 Å². The maximum absolute atomic E-state index is 12.8. The minimum atomic E-state index is -3.91. The van der Waals surface area contributed by atoms with E-state index < -0.39 is 10.0 Å². The van der Waals surface area contributed by atoms with E-state index in [-0.39, 0.29) is 21.5 Å². The summed E-state index contributed by atoms with van der Waals surface area (Å²) in [5.74, 6) is -0.144. The number of carbonyl (C=O) groups excluding carboxylic acids is 1. The fraction of sp³-hybridized carbons (Fsp3) is 0.316. The highest BCUT2D eigenvalue weighted by Crippen LogP contribution is 2.28. The predicted octanol–water partition coefficient (Wildman–Crippen LogP) is 4.81. The molecule has 0 aliphatic carbocycles. The average Bonchev–Trinajstić information content (AvgIpc) is 2.93. The summed E-state index contributed by atoms with van der Waals surface area (Å²) in [5, 5.41) is 0.599. The monoisotopic (exact) mass is 426 g/mol.